The number of β-lactam (4-membered cyclic amide) rings is 1. The number of hydrogen-bond donors (Lipinski definition) is 4. The molecule has 2 amide bonds. The molecule has 4 rings (SSSR count). The number of oxime groups is 1. The van der Waals surface area contributed by atoms with E-state index in [0.717, 1.165) is 39.3 Å². The first-order valence-electron chi connectivity index (χ1n) is 9.04. The molecule has 0 spiro atoms. The Morgan fingerprint density at radius 2 is 2.12 bits per heavy atom. The van der Waals surface area contributed by atoms with Crippen LogP contribution in [0, 0.1) is 0 Å². The number of hydrogen-bond acceptors (Lipinski definition) is 12. The van der Waals surface area contributed by atoms with E-state index in [-0.39, 0.29) is 26.4 Å². The predicted octanol–water partition coefficient (Wildman–Crippen LogP) is 0.178. The van der Waals surface area contributed by atoms with E-state index in [2.05, 4.69) is 15.5 Å². The Morgan fingerprint density at radius 1 is 1.36 bits per heavy atom. The summed E-state index contributed by atoms with van der Waals surface area (Å²) in [4.78, 5) is 42.1. The van der Waals surface area contributed by atoms with Crippen molar-refractivity contribution in [3.8, 4) is 0 Å². The van der Waals surface area contributed by atoms with Crippen molar-refractivity contribution < 1.29 is 33.1 Å². The number of amides is 2. The van der Waals surface area contributed by atoms with Gasteiger partial charge in [-0.1, -0.05) is 11.2 Å². The molecule has 16 heteroatoms. The molecule has 1 fully saturated rings. The Hall–Kier alpha value is -2.95. The van der Waals surface area contributed by atoms with Gasteiger partial charge in [-0.25, -0.2) is 18.2 Å². The number of carbonyl (C=O) groups is 3. The monoisotopic (exact) mass is 529 g/mol. The first kappa shape index (κ1) is 23.2. The van der Waals surface area contributed by atoms with Crippen LogP contribution in [0.1, 0.15) is 5.69 Å². The number of carboxylic acid groups (broad SMARTS) is 1. The number of aliphatic carboxylic acids is 1. The van der Waals surface area contributed by atoms with Crippen LogP contribution in [0.15, 0.2) is 43.5 Å². The number of fused-ring (bicyclic) bond motifs is 1. The normalized spacial score (nSPS) is 20.9. The maximum atomic E-state index is 12.8. The highest BCUT2D eigenvalue weighted by Gasteiger charge is 2.54. The number of nitrogens with two attached hydrogens (primary N) is 1. The summed E-state index contributed by atoms with van der Waals surface area (Å²) in [6.45, 7) is 0. The fourth-order valence-corrected chi connectivity index (χ4v) is 7.88. The number of anilines is 1. The van der Waals surface area contributed by atoms with Crippen molar-refractivity contribution >= 4 is 72.9 Å². The second kappa shape index (κ2) is 8.77. The van der Waals surface area contributed by atoms with Crippen LogP contribution in [0.3, 0.4) is 0 Å². The lowest BCUT2D eigenvalue weighted by atomic mass is 10.0. The number of thiazole rings is 1. The lowest BCUT2D eigenvalue weighted by molar-refractivity contribution is -0.150. The molecule has 5 N–H and O–H groups in total. The second-order valence-corrected chi connectivity index (χ2v) is 12.0. The van der Waals surface area contributed by atoms with E-state index in [9.17, 15) is 33.1 Å². The summed E-state index contributed by atoms with van der Waals surface area (Å²) in [7, 11) is -3.78. The molecule has 33 heavy (non-hydrogen) atoms. The third-order valence-corrected chi connectivity index (χ3v) is 9.99. The average Bonchev–Trinajstić information content (AvgIpc) is 3.44. The van der Waals surface area contributed by atoms with Crippen molar-refractivity contribution in [2.75, 3.05) is 17.2 Å². The third-order valence-electron chi connectivity index (χ3n) is 4.78. The van der Waals surface area contributed by atoms with E-state index in [4.69, 9.17) is 5.73 Å². The molecule has 1 unspecified atom stereocenters. The summed E-state index contributed by atoms with van der Waals surface area (Å²) in [6, 6.07) is 1.90. The van der Waals surface area contributed by atoms with Gasteiger partial charge in [-0.2, -0.15) is 0 Å². The molecule has 0 aliphatic carbocycles. The van der Waals surface area contributed by atoms with Crippen LogP contribution in [0.2, 0.25) is 0 Å². The minimum Gasteiger partial charge on any atom is -0.477 e. The first-order valence-corrected chi connectivity index (χ1v) is 13.5. The summed E-state index contributed by atoms with van der Waals surface area (Å²) in [6.07, 6.45) is 0. The van der Waals surface area contributed by atoms with Crippen molar-refractivity contribution in [2.45, 2.75) is 15.6 Å². The van der Waals surface area contributed by atoms with Crippen LogP contribution in [0.25, 0.3) is 0 Å². The predicted molar refractivity (Wildman–Crippen MR) is 121 cm³/mol. The van der Waals surface area contributed by atoms with E-state index in [0.29, 0.717) is 0 Å². The highest BCUT2D eigenvalue weighted by Crippen LogP contribution is 2.41. The molecule has 0 radical (unpaired) electrons. The van der Waals surface area contributed by atoms with Crippen LogP contribution in [0.4, 0.5) is 5.13 Å². The van der Waals surface area contributed by atoms with Gasteiger partial charge in [0.15, 0.2) is 20.7 Å². The third kappa shape index (κ3) is 4.21. The van der Waals surface area contributed by atoms with Gasteiger partial charge in [0.05, 0.1) is 5.75 Å². The highest BCUT2D eigenvalue weighted by atomic mass is 32.2. The number of carboxylic acids is 1. The molecule has 174 valence electrons. The summed E-state index contributed by atoms with van der Waals surface area (Å²) >= 11 is 3.17. The van der Waals surface area contributed by atoms with E-state index in [1.807, 2.05) is 0 Å². The Morgan fingerprint density at radius 3 is 2.70 bits per heavy atom. The molecule has 2 aliphatic rings. The van der Waals surface area contributed by atoms with Gasteiger partial charge in [0.1, 0.15) is 27.0 Å². The largest absolute Gasteiger partial charge is 0.477 e. The minimum absolute atomic E-state index is 0.0182. The van der Waals surface area contributed by atoms with E-state index in [1.165, 1.54) is 11.4 Å². The first-order chi connectivity index (χ1) is 15.6. The molecule has 2 aromatic heterocycles. The van der Waals surface area contributed by atoms with Crippen LogP contribution in [0.5, 0.6) is 0 Å². The molecule has 0 aromatic carbocycles. The molecular formula is C17H15N5O7S4. The summed E-state index contributed by atoms with van der Waals surface area (Å²) in [5.74, 6) is -3.56. The van der Waals surface area contributed by atoms with Crippen LogP contribution >= 0.6 is 34.4 Å². The van der Waals surface area contributed by atoms with E-state index < -0.39 is 56.2 Å². The van der Waals surface area contributed by atoms with Gasteiger partial charge in [-0.15, -0.1) is 34.4 Å². The number of carbonyl (C=O) groups excluding carboxylic acids is 2. The van der Waals surface area contributed by atoms with Gasteiger partial charge in [-0.3, -0.25) is 14.5 Å². The smallest absolute Gasteiger partial charge is 0.352 e. The number of thioether (sulfide) groups is 1. The number of nitrogen functional groups attached to an aromatic ring is 1. The van der Waals surface area contributed by atoms with E-state index in [1.54, 1.807) is 11.4 Å². The molecule has 0 saturated carbocycles. The standard InChI is InChI=1S/C17H15N5O7S4/c18-17-19-8(5-32-17)10(21-27)13(23)20-11-14(24)22-12(16(25)26)7(4-31-15(11)22)6-33(28,29)9-2-1-3-30-9/h1-3,5,11,15,27H,4,6H2,(H2,18,19)(H,20,23)(H,25,26)/b21-10-/t11?,15-/m1/s1. The Labute approximate surface area is 198 Å². The van der Waals surface area contributed by atoms with Gasteiger partial charge in [0.25, 0.3) is 11.8 Å². The zero-order valence-electron chi connectivity index (χ0n) is 16.4. The van der Waals surface area contributed by atoms with Crippen molar-refractivity contribution in [1.29, 1.82) is 0 Å². The van der Waals surface area contributed by atoms with Crippen molar-refractivity contribution in [1.82, 2.24) is 15.2 Å². The molecule has 4 heterocycles. The second-order valence-electron chi connectivity index (χ2n) is 6.83. The quantitative estimate of drug-likeness (QED) is 0.166. The summed E-state index contributed by atoms with van der Waals surface area (Å²) in [5, 5.41) is 26.6. The van der Waals surface area contributed by atoms with E-state index >= 15 is 0 Å². The SMILES string of the molecule is Nc1nc(/C(=N/O)C(=O)NC2C(=O)N3C(C(=O)O)=C(CS(=O)(=O)c4cccs4)CS[C@H]23)cs1. The van der Waals surface area contributed by atoms with Crippen molar-refractivity contribution in [3.05, 3.63) is 39.9 Å². The summed E-state index contributed by atoms with van der Waals surface area (Å²) < 4.78 is 25.4. The zero-order chi connectivity index (χ0) is 23.9. The highest BCUT2D eigenvalue weighted by molar-refractivity contribution is 8.00. The van der Waals surface area contributed by atoms with Crippen LogP contribution < -0.4 is 11.1 Å². The Bertz CT molecular complexity index is 1300. The Kier molecular flexibility index (Phi) is 6.17. The molecular weight excluding hydrogens is 514 g/mol. The number of thiophene rings is 1. The number of rotatable bonds is 7. The molecule has 2 aromatic rings. The van der Waals surface area contributed by atoms with Crippen LogP contribution in [-0.2, 0) is 24.2 Å². The van der Waals surface area contributed by atoms with Crippen LogP contribution in [-0.4, -0.2) is 75.0 Å². The van der Waals surface area contributed by atoms with Gasteiger partial charge in [0, 0.05) is 11.1 Å². The number of aromatic nitrogens is 1. The van der Waals surface area contributed by atoms with Gasteiger partial charge in [-0.05, 0) is 17.0 Å². The van der Waals surface area contributed by atoms with Gasteiger partial charge >= 0.3 is 5.97 Å². The van der Waals surface area contributed by atoms with Crippen molar-refractivity contribution in [3.63, 3.8) is 0 Å². The maximum Gasteiger partial charge on any atom is 0.352 e. The van der Waals surface area contributed by atoms with Gasteiger partial charge in [0.2, 0.25) is 0 Å². The molecule has 1 saturated heterocycles. The maximum absolute atomic E-state index is 12.8. The molecule has 2 atom stereocenters. The molecule has 2 aliphatic heterocycles. The number of nitrogens with one attached hydrogen (secondary N) is 1. The summed E-state index contributed by atoms with van der Waals surface area (Å²) in [5.41, 5.74) is 4.77. The molecule has 12 nitrogen and oxygen atoms in total. The fourth-order valence-electron chi connectivity index (χ4n) is 3.35. The minimum atomic E-state index is -3.78. The lowest BCUT2D eigenvalue weighted by Gasteiger charge is -2.49. The lowest BCUT2D eigenvalue weighted by Crippen LogP contribution is -2.71. The van der Waals surface area contributed by atoms with Crippen molar-refractivity contribution in [2.24, 2.45) is 5.16 Å². The average molecular weight is 530 g/mol. The van der Waals surface area contributed by atoms with Gasteiger partial charge < -0.3 is 21.4 Å². The topological polar surface area (TPSA) is 192 Å². The molecule has 0 bridgehead atoms. The Balaban J connectivity index is 1.54. The number of nitrogens with zero attached hydrogens (tertiary/aromatic N) is 3. The zero-order valence-corrected chi connectivity index (χ0v) is 19.6. The number of sulfone groups is 1. The fraction of sp³-hybridized carbons (Fsp3) is 0.235.